The molecule has 0 N–H and O–H groups in total. The summed E-state index contributed by atoms with van der Waals surface area (Å²) < 4.78 is 17.3. The molecule has 1 aromatic carbocycles. The van der Waals surface area contributed by atoms with Crippen LogP contribution in [0.15, 0.2) is 29.8 Å². The van der Waals surface area contributed by atoms with Crippen LogP contribution in [0.25, 0.3) is 0 Å². The molecule has 23 heavy (non-hydrogen) atoms. The van der Waals surface area contributed by atoms with Crippen molar-refractivity contribution in [1.82, 2.24) is 0 Å². The van der Waals surface area contributed by atoms with E-state index in [9.17, 15) is 0 Å². The Bertz CT molecular complexity index is 546. The van der Waals surface area contributed by atoms with Crippen molar-refractivity contribution in [3.05, 3.63) is 35.4 Å². The van der Waals surface area contributed by atoms with E-state index in [1.54, 1.807) is 0 Å². The zero-order valence-corrected chi connectivity index (χ0v) is 15.1. The lowest BCUT2D eigenvalue weighted by Gasteiger charge is -2.24. The number of fused-ring (bicyclic) bond motifs is 1. The minimum absolute atomic E-state index is 0.0568. The third-order valence-electron chi connectivity index (χ3n) is 4.21. The van der Waals surface area contributed by atoms with Crippen LogP contribution in [0.5, 0.6) is 11.5 Å². The maximum atomic E-state index is 5.83. The van der Waals surface area contributed by atoms with Crippen LogP contribution in [0.1, 0.15) is 53.0 Å². The molecule has 1 aliphatic heterocycles. The van der Waals surface area contributed by atoms with Crippen LogP contribution in [0.4, 0.5) is 0 Å². The first kappa shape index (κ1) is 17.9. The maximum Gasteiger partial charge on any atom is 0.126 e. The van der Waals surface area contributed by atoms with Gasteiger partial charge in [0.15, 0.2) is 0 Å². The average Bonchev–Trinajstić information content (AvgIpc) is 2.84. The Morgan fingerprint density at radius 1 is 1.39 bits per heavy atom. The summed E-state index contributed by atoms with van der Waals surface area (Å²) in [5, 5.41) is 0. The largest absolute Gasteiger partial charge is 0.490 e. The average molecular weight is 318 g/mol. The Labute approximate surface area is 140 Å². The van der Waals surface area contributed by atoms with Crippen LogP contribution in [-0.2, 0) is 11.2 Å². The fraction of sp³-hybridized carbons (Fsp3) is 0.600. The molecule has 0 spiro atoms. The summed E-state index contributed by atoms with van der Waals surface area (Å²) in [6.07, 6.45) is 5.47. The lowest BCUT2D eigenvalue weighted by atomic mass is 9.99. The quantitative estimate of drug-likeness (QED) is 0.636. The third-order valence-corrected chi connectivity index (χ3v) is 4.21. The van der Waals surface area contributed by atoms with Gasteiger partial charge in [0.2, 0.25) is 0 Å². The van der Waals surface area contributed by atoms with Crippen LogP contribution < -0.4 is 9.47 Å². The molecule has 0 saturated heterocycles. The Morgan fingerprint density at radius 2 is 2.17 bits per heavy atom. The first-order chi connectivity index (χ1) is 10.9. The van der Waals surface area contributed by atoms with Crippen molar-refractivity contribution in [1.29, 1.82) is 0 Å². The molecule has 0 aliphatic carbocycles. The predicted molar refractivity (Wildman–Crippen MR) is 94.4 cm³/mol. The molecular weight excluding hydrogens is 288 g/mol. The van der Waals surface area contributed by atoms with Crippen LogP contribution in [0, 0.1) is 0 Å². The zero-order chi connectivity index (χ0) is 16.9. The highest BCUT2D eigenvalue weighted by Gasteiger charge is 2.19. The van der Waals surface area contributed by atoms with Gasteiger partial charge in [-0.2, -0.15) is 0 Å². The van der Waals surface area contributed by atoms with Gasteiger partial charge in [-0.1, -0.05) is 11.6 Å². The molecule has 3 nitrogen and oxygen atoms in total. The number of hydrogen-bond acceptors (Lipinski definition) is 3. The fourth-order valence-electron chi connectivity index (χ4n) is 2.81. The number of ether oxygens (including phenoxy) is 3. The summed E-state index contributed by atoms with van der Waals surface area (Å²) in [7, 11) is 0. The molecule has 1 aliphatic rings. The van der Waals surface area contributed by atoms with Gasteiger partial charge in [0.05, 0.1) is 5.60 Å². The maximum absolute atomic E-state index is 5.83. The monoisotopic (exact) mass is 318 g/mol. The predicted octanol–water partition coefficient (Wildman–Crippen LogP) is 4.93. The second-order valence-corrected chi connectivity index (χ2v) is 6.96. The molecule has 0 bridgehead atoms. The summed E-state index contributed by atoms with van der Waals surface area (Å²) in [6, 6.07) is 6.14. The SMILES string of the molecule is CCOC(C)(C)CCC(C)=CCOc1ccc2c(c1)OC(C)C2. The number of allylic oxidation sites excluding steroid dienone is 1. The minimum atomic E-state index is -0.0568. The van der Waals surface area contributed by atoms with Gasteiger partial charge in [0, 0.05) is 19.1 Å². The van der Waals surface area contributed by atoms with Gasteiger partial charge in [0.1, 0.15) is 24.2 Å². The Morgan fingerprint density at radius 3 is 2.91 bits per heavy atom. The zero-order valence-electron chi connectivity index (χ0n) is 15.1. The van der Waals surface area contributed by atoms with E-state index in [-0.39, 0.29) is 11.7 Å². The molecule has 0 saturated carbocycles. The molecule has 3 heteroatoms. The van der Waals surface area contributed by atoms with Gasteiger partial charge in [0.25, 0.3) is 0 Å². The molecule has 1 heterocycles. The molecule has 0 aromatic heterocycles. The van der Waals surface area contributed by atoms with E-state index in [0.29, 0.717) is 6.61 Å². The van der Waals surface area contributed by atoms with E-state index in [1.165, 1.54) is 11.1 Å². The molecule has 128 valence electrons. The van der Waals surface area contributed by atoms with E-state index in [4.69, 9.17) is 14.2 Å². The summed E-state index contributed by atoms with van der Waals surface area (Å²) in [4.78, 5) is 0. The van der Waals surface area contributed by atoms with E-state index < -0.39 is 0 Å². The van der Waals surface area contributed by atoms with Crippen molar-refractivity contribution in [2.45, 2.75) is 65.6 Å². The number of benzene rings is 1. The van der Waals surface area contributed by atoms with Crippen molar-refractivity contribution in [2.24, 2.45) is 0 Å². The molecule has 0 fully saturated rings. The Hall–Kier alpha value is -1.48. The molecule has 0 radical (unpaired) electrons. The van der Waals surface area contributed by atoms with E-state index in [2.05, 4.69) is 39.8 Å². The van der Waals surface area contributed by atoms with Gasteiger partial charge in [-0.25, -0.2) is 0 Å². The van der Waals surface area contributed by atoms with Crippen molar-refractivity contribution >= 4 is 0 Å². The first-order valence-electron chi connectivity index (χ1n) is 8.61. The smallest absolute Gasteiger partial charge is 0.126 e. The number of hydrogen-bond donors (Lipinski definition) is 0. The summed E-state index contributed by atoms with van der Waals surface area (Å²) in [5.41, 5.74) is 2.55. The van der Waals surface area contributed by atoms with Crippen molar-refractivity contribution in [3.63, 3.8) is 0 Å². The number of rotatable bonds is 8. The second-order valence-electron chi connectivity index (χ2n) is 6.96. The third kappa shape index (κ3) is 5.58. The molecule has 2 rings (SSSR count). The lowest BCUT2D eigenvalue weighted by molar-refractivity contribution is -0.0158. The summed E-state index contributed by atoms with van der Waals surface area (Å²) in [5.74, 6) is 1.84. The topological polar surface area (TPSA) is 27.7 Å². The van der Waals surface area contributed by atoms with Crippen molar-refractivity contribution in [2.75, 3.05) is 13.2 Å². The van der Waals surface area contributed by atoms with Gasteiger partial charge in [-0.05, 0) is 65.2 Å². The van der Waals surface area contributed by atoms with Crippen LogP contribution in [-0.4, -0.2) is 24.9 Å². The molecule has 1 aromatic rings. The van der Waals surface area contributed by atoms with Crippen molar-refractivity contribution in [3.8, 4) is 11.5 Å². The normalized spacial score (nSPS) is 17.8. The summed E-state index contributed by atoms with van der Waals surface area (Å²) >= 11 is 0. The molecular formula is C20H30O3. The highest BCUT2D eigenvalue weighted by atomic mass is 16.5. The van der Waals surface area contributed by atoms with Crippen LogP contribution in [0.3, 0.4) is 0 Å². The molecule has 1 unspecified atom stereocenters. The van der Waals surface area contributed by atoms with E-state index in [1.807, 2.05) is 19.1 Å². The highest BCUT2D eigenvalue weighted by Crippen LogP contribution is 2.32. The fourth-order valence-corrected chi connectivity index (χ4v) is 2.81. The first-order valence-corrected chi connectivity index (χ1v) is 8.61. The molecule has 0 amide bonds. The van der Waals surface area contributed by atoms with Crippen molar-refractivity contribution < 1.29 is 14.2 Å². The lowest BCUT2D eigenvalue weighted by Crippen LogP contribution is -2.24. The highest BCUT2D eigenvalue weighted by molar-refractivity contribution is 5.43. The van der Waals surface area contributed by atoms with E-state index in [0.717, 1.165) is 37.4 Å². The Balaban J connectivity index is 1.79. The van der Waals surface area contributed by atoms with Gasteiger partial charge < -0.3 is 14.2 Å². The standard InChI is InChI=1S/C20H30O3/c1-6-22-20(4,5)11-9-15(2)10-12-21-18-8-7-17-13-16(3)23-19(17)14-18/h7-8,10,14,16H,6,9,11-13H2,1-5H3. The minimum Gasteiger partial charge on any atom is -0.490 e. The van der Waals surface area contributed by atoms with Gasteiger partial charge in [-0.15, -0.1) is 0 Å². The molecule has 1 atom stereocenters. The summed E-state index contributed by atoms with van der Waals surface area (Å²) in [6.45, 7) is 11.9. The Kier molecular flexibility index (Phi) is 6.11. The van der Waals surface area contributed by atoms with Gasteiger partial charge >= 0.3 is 0 Å². The van der Waals surface area contributed by atoms with E-state index >= 15 is 0 Å². The van der Waals surface area contributed by atoms with Gasteiger partial charge in [-0.3, -0.25) is 0 Å². The second kappa shape index (κ2) is 7.87. The van der Waals surface area contributed by atoms with Crippen LogP contribution >= 0.6 is 0 Å². The van der Waals surface area contributed by atoms with Crippen LogP contribution in [0.2, 0.25) is 0 Å².